The largest absolute Gasteiger partial charge is 0.493 e. The second-order valence-electron chi connectivity index (χ2n) is 15.6. The maximum Gasteiger partial charge on any atom is 0.389 e. The van der Waals surface area contributed by atoms with Crippen LogP contribution in [0, 0.1) is 0 Å². The highest BCUT2D eigenvalue weighted by molar-refractivity contribution is 6.01. The number of rotatable bonds is 23. The number of ketones is 2. The molecule has 376 valence electrons. The SMILES string of the molecule is COc1cc(C(=O)Oc2ccc(/C=C/C(=O)C(O)C(c3ccc(N)cc3N)C(O)C(=O)/C=C/c3ccc(OC(=O)c4ccc(OCCCC(F)(F)F)c(OC)c4)cc3)cc2)ccc1OCCCC(F)(F)F. The standard InChI is InChI=1S/C51H48F6N2O12/c1-66-43-27-32(11-21-41(43)68-25-3-23-50(52,53)54)48(64)70-35-14-5-30(6-15-35)9-19-39(60)46(62)45(37-18-13-34(58)29-38(37)59)47(63)40(61)20-10-31-7-16-36(17-8-31)71-49(65)33-12-22-42(44(28-33)67-2)69-26-4-24-51(55,56)57/h5-22,27-29,45-47,62-63H,3-4,23-26,58-59H2,1-2H3/b19-9+,20-10+. The van der Waals surface area contributed by atoms with Gasteiger partial charge in [-0.3, -0.25) is 9.59 Å². The molecule has 5 rings (SSSR count). The minimum absolute atomic E-state index is 0.0120. The van der Waals surface area contributed by atoms with E-state index in [4.69, 9.17) is 39.9 Å². The summed E-state index contributed by atoms with van der Waals surface area (Å²) in [5.74, 6) is -4.28. The number of benzene rings is 5. The predicted octanol–water partition coefficient (Wildman–Crippen LogP) is 9.12. The van der Waals surface area contributed by atoms with Gasteiger partial charge >= 0.3 is 24.3 Å². The molecule has 0 aromatic heterocycles. The lowest BCUT2D eigenvalue weighted by molar-refractivity contribution is -0.137. The van der Waals surface area contributed by atoms with Gasteiger partial charge in [-0.1, -0.05) is 42.5 Å². The van der Waals surface area contributed by atoms with Gasteiger partial charge in [0, 0.05) is 24.2 Å². The molecule has 71 heavy (non-hydrogen) atoms. The van der Waals surface area contributed by atoms with Crippen LogP contribution in [0.2, 0.25) is 0 Å². The fourth-order valence-corrected chi connectivity index (χ4v) is 6.68. The predicted molar refractivity (Wildman–Crippen MR) is 248 cm³/mol. The Morgan fingerprint density at radius 2 is 0.972 bits per heavy atom. The van der Waals surface area contributed by atoms with E-state index < -0.39 is 66.8 Å². The van der Waals surface area contributed by atoms with Crippen LogP contribution in [0.15, 0.2) is 115 Å². The number of methoxy groups -OCH3 is 2. The summed E-state index contributed by atoms with van der Waals surface area (Å²) < 4.78 is 107. The van der Waals surface area contributed by atoms with Crippen molar-refractivity contribution in [2.75, 3.05) is 38.9 Å². The lowest BCUT2D eigenvalue weighted by Crippen LogP contribution is -2.39. The van der Waals surface area contributed by atoms with Crippen molar-refractivity contribution in [2.45, 2.75) is 56.2 Å². The number of ether oxygens (including phenoxy) is 6. The van der Waals surface area contributed by atoms with Crippen molar-refractivity contribution in [1.29, 1.82) is 0 Å². The van der Waals surface area contributed by atoms with E-state index >= 15 is 0 Å². The van der Waals surface area contributed by atoms with Gasteiger partial charge in [0.25, 0.3) is 0 Å². The summed E-state index contributed by atoms with van der Waals surface area (Å²) in [5, 5.41) is 22.7. The van der Waals surface area contributed by atoms with Gasteiger partial charge in [0.2, 0.25) is 0 Å². The third-order valence-corrected chi connectivity index (χ3v) is 10.3. The number of hydrogen-bond donors (Lipinski definition) is 4. The lowest BCUT2D eigenvalue weighted by Gasteiger charge is -2.26. The monoisotopic (exact) mass is 994 g/mol. The number of aliphatic hydroxyl groups is 2. The molecule has 2 unspecified atom stereocenters. The van der Waals surface area contributed by atoms with Crippen molar-refractivity contribution >= 4 is 47.0 Å². The van der Waals surface area contributed by atoms with Crippen LogP contribution in [-0.4, -0.2) is 85.7 Å². The molecule has 0 spiro atoms. The first-order chi connectivity index (χ1) is 33.6. The number of hydrogen-bond acceptors (Lipinski definition) is 14. The van der Waals surface area contributed by atoms with Crippen molar-refractivity contribution in [3.63, 3.8) is 0 Å². The van der Waals surface area contributed by atoms with E-state index in [0.717, 1.165) is 12.2 Å². The second kappa shape index (κ2) is 24.6. The van der Waals surface area contributed by atoms with Crippen LogP contribution in [0.3, 0.4) is 0 Å². The Labute approximate surface area is 403 Å². The third kappa shape index (κ3) is 16.4. The van der Waals surface area contributed by atoms with Crippen LogP contribution >= 0.6 is 0 Å². The maximum atomic E-state index is 13.4. The molecular weight excluding hydrogens is 947 g/mol. The Morgan fingerprint density at radius 1 is 0.563 bits per heavy atom. The molecule has 20 heteroatoms. The zero-order valence-electron chi connectivity index (χ0n) is 38.0. The Balaban J connectivity index is 1.20. The van der Waals surface area contributed by atoms with Gasteiger partial charge < -0.3 is 50.1 Å². The van der Waals surface area contributed by atoms with E-state index in [0.29, 0.717) is 11.1 Å². The van der Waals surface area contributed by atoms with E-state index in [1.165, 1.54) is 129 Å². The average Bonchev–Trinajstić information content (AvgIpc) is 3.33. The van der Waals surface area contributed by atoms with Crippen LogP contribution in [0.25, 0.3) is 12.2 Å². The highest BCUT2D eigenvalue weighted by Gasteiger charge is 2.37. The molecular formula is C51H48F6N2O12. The lowest BCUT2D eigenvalue weighted by atomic mass is 9.83. The first-order valence-electron chi connectivity index (χ1n) is 21.5. The van der Waals surface area contributed by atoms with Crippen LogP contribution in [0.1, 0.15) is 69.0 Å². The molecule has 0 fully saturated rings. The molecule has 2 atom stereocenters. The summed E-state index contributed by atoms with van der Waals surface area (Å²) in [6, 6.07) is 23.9. The molecule has 5 aromatic carbocycles. The summed E-state index contributed by atoms with van der Waals surface area (Å²) >= 11 is 0. The summed E-state index contributed by atoms with van der Waals surface area (Å²) in [7, 11) is 2.60. The molecule has 0 amide bonds. The number of carbonyl (C=O) groups is 4. The topological polar surface area (TPSA) is 216 Å². The zero-order chi connectivity index (χ0) is 51.9. The molecule has 0 aliphatic heterocycles. The van der Waals surface area contributed by atoms with E-state index in [9.17, 15) is 55.7 Å². The van der Waals surface area contributed by atoms with Crippen molar-refractivity contribution < 1.29 is 84.2 Å². The highest BCUT2D eigenvalue weighted by Crippen LogP contribution is 2.34. The van der Waals surface area contributed by atoms with Crippen molar-refractivity contribution in [1.82, 2.24) is 0 Å². The fraction of sp³-hybridized carbons (Fsp3) is 0.255. The minimum atomic E-state index is -4.32. The molecule has 0 heterocycles. The van der Waals surface area contributed by atoms with Crippen molar-refractivity contribution in [3.8, 4) is 34.5 Å². The van der Waals surface area contributed by atoms with Gasteiger partial charge in [0.15, 0.2) is 34.6 Å². The maximum absolute atomic E-state index is 13.4. The summed E-state index contributed by atoms with van der Waals surface area (Å²) in [5.41, 5.74) is 13.3. The Kier molecular flexibility index (Phi) is 18.8. The number of aliphatic hydroxyl groups excluding tert-OH is 2. The number of nitrogen functional groups attached to an aromatic ring is 2. The molecule has 0 aliphatic rings. The zero-order valence-corrected chi connectivity index (χ0v) is 38.0. The molecule has 5 aromatic rings. The van der Waals surface area contributed by atoms with Crippen LogP contribution in [-0.2, 0) is 9.59 Å². The van der Waals surface area contributed by atoms with Crippen LogP contribution in [0.5, 0.6) is 34.5 Å². The quantitative estimate of drug-likeness (QED) is 0.0120. The third-order valence-electron chi connectivity index (χ3n) is 10.3. The fourth-order valence-electron chi connectivity index (χ4n) is 6.68. The number of alkyl halides is 6. The van der Waals surface area contributed by atoms with Gasteiger partial charge in [-0.25, -0.2) is 9.59 Å². The van der Waals surface area contributed by atoms with Gasteiger partial charge in [0.1, 0.15) is 23.7 Å². The number of halogens is 6. The van der Waals surface area contributed by atoms with E-state index in [1.54, 1.807) is 0 Å². The summed E-state index contributed by atoms with van der Waals surface area (Å²) in [6.07, 6.45) is -10.5. The Morgan fingerprint density at radius 3 is 1.34 bits per heavy atom. The van der Waals surface area contributed by atoms with Gasteiger partial charge in [-0.05, 0) is 114 Å². The van der Waals surface area contributed by atoms with Gasteiger partial charge in [-0.2, -0.15) is 26.3 Å². The Hall–Kier alpha value is -7.84. The first kappa shape index (κ1) is 54.1. The molecule has 0 aliphatic carbocycles. The van der Waals surface area contributed by atoms with Gasteiger partial charge in [-0.15, -0.1) is 0 Å². The normalized spacial score (nSPS) is 13.0. The molecule has 14 nitrogen and oxygen atoms in total. The summed E-state index contributed by atoms with van der Waals surface area (Å²) in [4.78, 5) is 52.7. The van der Waals surface area contributed by atoms with Gasteiger partial charge in [0.05, 0.1) is 44.5 Å². The molecule has 0 bridgehead atoms. The molecule has 0 saturated heterocycles. The highest BCUT2D eigenvalue weighted by atomic mass is 19.4. The molecule has 6 N–H and O–H groups in total. The molecule has 0 radical (unpaired) electrons. The number of esters is 2. The van der Waals surface area contributed by atoms with Crippen molar-refractivity contribution in [2.24, 2.45) is 0 Å². The van der Waals surface area contributed by atoms with Crippen molar-refractivity contribution in [3.05, 3.63) is 143 Å². The van der Waals surface area contributed by atoms with Crippen LogP contribution in [0.4, 0.5) is 37.7 Å². The molecule has 0 saturated carbocycles. The number of anilines is 2. The van der Waals surface area contributed by atoms with E-state index in [-0.39, 0.29) is 88.6 Å². The van der Waals surface area contributed by atoms with E-state index in [2.05, 4.69) is 0 Å². The van der Waals surface area contributed by atoms with E-state index in [1.807, 2.05) is 0 Å². The number of carbonyl (C=O) groups excluding carboxylic acids is 4. The Bertz CT molecular complexity index is 2550. The second-order valence-corrected chi connectivity index (χ2v) is 15.6. The minimum Gasteiger partial charge on any atom is -0.493 e. The first-order valence-corrected chi connectivity index (χ1v) is 21.5. The van der Waals surface area contributed by atoms with Crippen LogP contribution < -0.4 is 39.9 Å². The number of nitrogens with two attached hydrogens (primary N) is 2. The average molecular weight is 995 g/mol. The summed E-state index contributed by atoms with van der Waals surface area (Å²) in [6.45, 7) is -0.456. The smallest absolute Gasteiger partial charge is 0.389 e.